The van der Waals surface area contributed by atoms with Gasteiger partial charge in [0.15, 0.2) is 0 Å². The van der Waals surface area contributed by atoms with Crippen molar-refractivity contribution in [2.45, 2.75) is 38.1 Å². The average Bonchev–Trinajstić information content (AvgIpc) is 2.32. The van der Waals surface area contributed by atoms with Crippen LogP contribution < -0.4 is 0 Å². The molecule has 4 nitrogen and oxygen atoms in total. The lowest BCUT2D eigenvalue weighted by Gasteiger charge is -2.26. The van der Waals surface area contributed by atoms with Crippen molar-refractivity contribution in [2.75, 3.05) is 13.2 Å². The molecular formula is C13H20ClNO3S. The summed E-state index contributed by atoms with van der Waals surface area (Å²) in [5.74, 6) is 0. The van der Waals surface area contributed by atoms with Gasteiger partial charge in [-0.3, -0.25) is 0 Å². The van der Waals surface area contributed by atoms with Crippen LogP contribution in [0.3, 0.4) is 0 Å². The van der Waals surface area contributed by atoms with Crippen LogP contribution in [0.2, 0.25) is 5.02 Å². The Hall–Kier alpha value is -0.620. The minimum absolute atomic E-state index is 0.0345. The molecule has 0 radical (unpaired) electrons. The van der Waals surface area contributed by atoms with E-state index in [1.54, 1.807) is 19.1 Å². The molecule has 0 saturated heterocycles. The molecule has 0 unspecified atom stereocenters. The molecule has 0 atom stereocenters. The smallest absolute Gasteiger partial charge is 0.243 e. The van der Waals surface area contributed by atoms with Crippen molar-refractivity contribution in [1.29, 1.82) is 0 Å². The highest BCUT2D eigenvalue weighted by Crippen LogP contribution is 2.25. The summed E-state index contributed by atoms with van der Waals surface area (Å²) in [4.78, 5) is 0.228. The standard InChI is InChI=1S/C13H20ClNO3S/c1-10(2)15(7-4-8-16)19(17,18)13-9-12(14)6-5-11(13)3/h5-6,9-10,16H,4,7-8H2,1-3H3. The van der Waals surface area contributed by atoms with E-state index in [1.807, 2.05) is 13.8 Å². The highest BCUT2D eigenvalue weighted by Gasteiger charge is 2.28. The summed E-state index contributed by atoms with van der Waals surface area (Å²) < 4.78 is 26.7. The summed E-state index contributed by atoms with van der Waals surface area (Å²) in [7, 11) is -3.59. The molecule has 0 aliphatic rings. The van der Waals surface area contributed by atoms with E-state index in [0.717, 1.165) is 0 Å². The molecule has 1 aromatic carbocycles. The maximum absolute atomic E-state index is 12.6. The minimum atomic E-state index is -3.59. The van der Waals surface area contributed by atoms with E-state index in [9.17, 15) is 8.42 Å². The fourth-order valence-corrected chi connectivity index (χ4v) is 4.03. The van der Waals surface area contributed by atoms with E-state index in [1.165, 1.54) is 10.4 Å². The average molecular weight is 306 g/mol. The number of aryl methyl sites for hydroxylation is 1. The first-order chi connectivity index (χ1) is 8.80. The fraction of sp³-hybridized carbons (Fsp3) is 0.538. The van der Waals surface area contributed by atoms with Gasteiger partial charge < -0.3 is 5.11 Å². The molecule has 0 saturated carbocycles. The molecule has 19 heavy (non-hydrogen) atoms. The first kappa shape index (κ1) is 16.4. The van der Waals surface area contributed by atoms with Crippen LogP contribution in [0, 0.1) is 6.92 Å². The molecule has 0 aliphatic carbocycles. The van der Waals surface area contributed by atoms with Gasteiger partial charge in [-0.15, -0.1) is 0 Å². The summed E-state index contributed by atoms with van der Waals surface area (Å²) in [6.45, 7) is 5.63. The molecule has 0 heterocycles. The van der Waals surface area contributed by atoms with Gasteiger partial charge in [0.1, 0.15) is 0 Å². The Morgan fingerprint density at radius 3 is 2.53 bits per heavy atom. The zero-order valence-electron chi connectivity index (χ0n) is 11.4. The van der Waals surface area contributed by atoms with Crippen molar-refractivity contribution >= 4 is 21.6 Å². The van der Waals surface area contributed by atoms with Crippen molar-refractivity contribution in [3.63, 3.8) is 0 Å². The van der Waals surface area contributed by atoms with Crippen molar-refractivity contribution in [3.05, 3.63) is 28.8 Å². The van der Waals surface area contributed by atoms with E-state index in [0.29, 0.717) is 23.6 Å². The van der Waals surface area contributed by atoms with E-state index in [-0.39, 0.29) is 17.5 Å². The maximum Gasteiger partial charge on any atom is 0.243 e. The van der Waals surface area contributed by atoms with Gasteiger partial charge in [-0.1, -0.05) is 17.7 Å². The molecule has 1 aromatic rings. The van der Waals surface area contributed by atoms with Crippen LogP contribution in [0.5, 0.6) is 0 Å². The molecule has 0 bridgehead atoms. The summed E-state index contributed by atoms with van der Waals surface area (Å²) in [6.07, 6.45) is 0.414. The monoisotopic (exact) mass is 305 g/mol. The van der Waals surface area contributed by atoms with Crippen LogP contribution in [0.4, 0.5) is 0 Å². The lowest BCUT2D eigenvalue weighted by atomic mass is 10.2. The van der Waals surface area contributed by atoms with Crippen LogP contribution in [0.15, 0.2) is 23.1 Å². The summed E-state index contributed by atoms with van der Waals surface area (Å²) in [5, 5.41) is 9.29. The topological polar surface area (TPSA) is 57.6 Å². The quantitative estimate of drug-likeness (QED) is 0.878. The second-order valence-corrected chi connectivity index (χ2v) is 6.99. The number of hydrogen-bond donors (Lipinski definition) is 1. The number of sulfonamides is 1. The molecular weight excluding hydrogens is 286 g/mol. The lowest BCUT2D eigenvalue weighted by Crippen LogP contribution is -2.38. The summed E-state index contributed by atoms with van der Waals surface area (Å²) in [6, 6.07) is 4.67. The Kier molecular flexibility index (Phi) is 5.80. The number of aliphatic hydroxyl groups is 1. The lowest BCUT2D eigenvalue weighted by molar-refractivity contribution is 0.258. The predicted molar refractivity (Wildman–Crippen MR) is 76.9 cm³/mol. The number of halogens is 1. The molecule has 1 rings (SSSR count). The third kappa shape index (κ3) is 3.92. The van der Waals surface area contributed by atoms with Gasteiger partial charge in [0.05, 0.1) is 4.90 Å². The number of benzene rings is 1. The van der Waals surface area contributed by atoms with E-state index in [4.69, 9.17) is 16.7 Å². The van der Waals surface area contributed by atoms with Gasteiger partial charge in [0.25, 0.3) is 0 Å². The summed E-state index contributed by atoms with van der Waals surface area (Å²) >= 11 is 5.89. The van der Waals surface area contributed by atoms with Crippen LogP contribution in [0.1, 0.15) is 25.8 Å². The largest absolute Gasteiger partial charge is 0.396 e. The molecule has 0 aromatic heterocycles. The predicted octanol–water partition coefficient (Wildman–Crippen LogP) is 2.43. The Bertz CT molecular complexity index is 529. The molecule has 0 aliphatic heterocycles. The molecule has 6 heteroatoms. The number of hydrogen-bond acceptors (Lipinski definition) is 3. The van der Waals surface area contributed by atoms with E-state index < -0.39 is 10.0 Å². The number of nitrogens with zero attached hydrogens (tertiary/aromatic N) is 1. The molecule has 108 valence electrons. The zero-order valence-corrected chi connectivity index (χ0v) is 13.0. The Morgan fingerprint density at radius 2 is 2.00 bits per heavy atom. The highest BCUT2D eigenvalue weighted by atomic mass is 35.5. The minimum Gasteiger partial charge on any atom is -0.396 e. The highest BCUT2D eigenvalue weighted by molar-refractivity contribution is 7.89. The number of aliphatic hydroxyl groups excluding tert-OH is 1. The maximum atomic E-state index is 12.6. The second-order valence-electron chi connectivity index (χ2n) is 4.70. The van der Waals surface area contributed by atoms with Crippen molar-refractivity contribution < 1.29 is 13.5 Å². The van der Waals surface area contributed by atoms with Crippen LogP contribution in [0.25, 0.3) is 0 Å². The van der Waals surface area contributed by atoms with E-state index >= 15 is 0 Å². The van der Waals surface area contributed by atoms with Crippen LogP contribution in [-0.4, -0.2) is 37.0 Å². The third-order valence-electron chi connectivity index (χ3n) is 2.85. The SMILES string of the molecule is Cc1ccc(Cl)cc1S(=O)(=O)N(CCCO)C(C)C. The van der Waals surface area contributed by atoms with E-state index in [2.05, 4.69) is 0 Å². The second kappa shape index (κ2) is 6.70. The van der Waals surface area contributed by atoms with Gasteiger partial charge in [-0.2, -0.15) is 4.31 Å². The van der Waals surface area contributed by atoms with Gasteiger partial charge >= 0.3 is 0 Å². The van der Waals surface area contributed by atoms with Crippen molar-refractivity contribution in [2.24, 2.45) is 0 Å². The summed E-state index contributed by atoms with van der Waals surface area (Å²) in [5.41, 5.74) is 0.666. The Morgan fingerprint density at radius 1 is 1.37 bits per heavy atom. The van der Waals surface area contributed by atoms with Gasteiger partial charge in [0, 0.05) is 24.2 Å². The molecule has 1 N–H and O–H groups in total. The molecule has 0 spiro atoms. The first-order valence-corrected chi connectivity index (χ1v) is 8.01. The van der Waals surface area contributed by atoms with Crippen LogP contribution >= 0.6 is 11.6 Å². The fourth-order valence-electron chi connectivity index (χ4n) is 1.86. The third-order valence-corrected chi connectivity index (χ3v) is 5.30. The van der Waals surface area contributed by atoms with Crippen LogP contribution in [-0.2, 0) is 10.0 Å². The van der Waals surface area contributed by atoms with Gasteiger partial charge in [0.2, 0.25) is 10.0 Å². The van der Waals surface area contributed by atoms with Gasteiger partial charge in [-0.05, 0) is 44.9 Å². The first-order valence-electron chi connectivity index (χ1n) is 6.19. The van der Waals surface area contributed by atoms with Gasteiger partial charge in [-0.25, -0.2) is 8.42 Å². The normalized spacial score (nSPS) is 12.4. The number of rotatable bonds is 6. The van der Waals surface area contributed by atoms with Crippen molar-refractivity contribution in [3.8, 4) is 0 Å². The molecule has 0 fully saturated rings. The van der Waals surface area contributed by atoms with Crippen molar-refractivity contribution in [1.82, 2.24) is 4.31 Å². The molecule has 0 amide bonds. The zero-order chi connectivity index (χ0) is 14.6. The Labute approximate surface area is 120 Å². The Balaban J connectivity index is 3.22.